The van der Waals surface area contributed by atoms with Crippen LogP contribution in [0.1, 0.15) is 20.3 Å². The van der Waals surface area contributed by atoms with Crippen LogP contribution in [0.25, 0.3) is 0 Å². The van der Waals surface area contributed by atoms with E-state index in [0.29, 0.717) is 13.0 Å². The summed E-state index contributed by atoms with van der Waals surface area (Å²) in [4.78, 5) is 11.4. The summed E-state index contributed by atoms with van der Waals surface area (Å²) in [5, 5.41) is 6.03. The van der Waals surface area contributed by atoms with Crippen molar-refractivity contribution in [3.63, 3.8) is 0 Å². The summed E-state index contributed by atoms with van der Waals surface area (Å²) in [5.41, 5.74) is 0.910. The Balaban J connectivity index is 2.38. The van der Waals surface area contributed by atoms with Gasteiger partial charge in [0.2, 0.25) is 5.91 Å². The normalized spacial score (nSPS) is 10.1. The van der Waals surface area contributed by atoms with Gasteiger partial charge >= 0.3 is 0 Å². The molecule has 1 aromatic rings. The third kappa shape index (κ3) is 4.76. The maximum Gasteiger partial charge on any atom is 0.221 e. The number of hydrogen-bond acceptors (Lipinski definition) is 3. The number of para-hydroxylation sites is 2. The van der Waals surface area contributed by atoms with E-state index in [0.717, 1.165) is 11.4 Å². The molecule has 0 bridgehead atoms. The highest BCUT2D eigenvalue weighted by molar-refractivity contribution is 5.76. The molecular weight excluding hydrogens is 216 g/mol. The van der Waals surface area contributed by atoms with Gasteiger partial charge in [-0.3, -0.25) is 4.79 Å². The van der Waals surface area contributed by atoms with E-state index in [1.165, 1.54) is 0 Å². The zero-order chi connectivity index (χ0) is 12.7. The molecule has 0 aliphatic rings. The van der Waals surface area contributed by atoms with Gasteiger partial charge in [0.1, 0.15) is 5.75 Å². The van der Waals surface area contributed by atoms with Crippen LogP contribution in [0.5, 0.6) is 5.75 Å². The van der Waals surface area contributed by atoms with Crippen LogP contribution in [0.15, 0.2) is 24.3 Å². The first-order valence-corrected chi connectivity index (χ1v) is 5.79. The predicted octanol–water partition coefficient (Wildman–Crippen LogP) is 2.02. The lowest BCUT2D eigenvalue weighted by Gasteiger charge is -2.11. The lowest BCUT2D eigenvalue weighted by Crippen LogP contribution is -2.31. The van der Waals surface area contributed by atoms with Crippen molar-refractivity contribution in [2.24, 2.45) is 0 Å². The van der Waals surface area contributed by atoms with Crippen LogP contribution < -0.4 is 15.4 Å². The Labute approximate surface area is 102 Å². The van der Waals surface area contributed by atoms with Gasteiger partial charge in [-0.25, -0.2) is 0 Å². The van der Waals surface area contributed by atoms with Gasteiger partial charge in [0.15, 0.2) is 0 Å². The van der Waals surface area contributed by atoms with Gasteiger partial charge in [0.25, 0.3) is 0 Å². The van der Waals surface area contributed by atoms with Crippen molar-refractivity contribution in [1.82, 2.24) is 5.32 Å². The van der Waals surface area contributed by atoms with Crippen LogP contribution >= 0.6 is 0 Å². The van der Waals surface area contributed by atoms with Crippen molar-refractivity contribution in [3.05, 3.63) is 24.3 Å². The van der Waals surface area contributed by atoms with Crippen molar-refractivity contribution < 1.29 is 9.53 Å². The molecule has 0 aliphatic heterocycles. The molecule has 17 heavy (non-hydrogen) atoms. The number of carbonyl (C=O) groups excluding carboxylic acids is 1. The zero-order valence-corrected chi connectivity index (χ0v) is 10.6. The Hall–Kier alpha value is -1.71. The average molecular weight is 236 g/mol. The van der Waals surface area contributed by atoms with Crippen molar-refractivity contribution in [3.8, 4) is 5.75 Å². The molecule has 1 aromatic carbocycles. The molecule has 94 valence electrons. The van der Waals surface area contributed by atoms with E-state index in [1.54, 1.807) is 7.11 Å². The Morgan fingerprint density at radius 1 is 1.35 bits per heavy atom. The van der Waals surface area contributed by atoms with Crippen LogP contribution in [-0.4, -0.2) is 25.6 Å². The third-order valence-electron chi connectivity index (χ3n) is 2.22. The summed E-state index contributed by atoms with van der Waals surface area (Å²) >= 11 is 0. The molecule has 0 heterocycles. The molecule has 0 aromatic heterocycles. The first kappa shape index (κ1) is 13.4. The summed E-state index contributed by atoms with van der Waals surface area (Å²) in [5.74, 6) is 0.846. The number of nitrogens with one attached hydrogen (secondary N) is 2. The molecule has 4 heteroatoms. The molecule has 0 saturated carbocycles. The van der Waals surface area contributed by atoms with E-state index in [9.17, 15) is 4.79 Å². The third-order valence-corrected chi connectivity index (χ3v) is 2.22. The predicted molar refractivity (Wildman–Crippen MR) is 69.4 cm³/mol. The molecule has 0 fully saturated rings. The molecular formula is C13H20N2O2. The zero-order valence-electron chi connectivity index (χ0n) is 10.6. The first-order valence-electron chi connectivity index (χ1n) is 5.79. The highest BCUT2D eigenvalue weighted by Gasteiger charge is 2.04. The molecule has 0 spiro atoms. The highest BCUT2D eigenvalue weighted by atomic mass is 16.5. The minimum atomic E-state index is 0.0578. The smallest absolute Gasteiger partial charge is 0.221 e. The summed E-state index contributed by atoms with van der Waals surface area (Å²) in [6.07, 6.45) is 0.455. The van der Waals surface area contributed by atoms with Crippen LogP contribution in [0, 0.1) is 0 Å². The summed E-state index contributed by atoms with van der Waals surface area (Å²) in [7, 11) is 1.63. The average Bonchev–Trinajstić information content (AvgIpc) is 2.28. The van der Waals surface area contributed by atoms with Crippen molar-refractivity contribution in [2.45, 2.75) is 26.3 Å². The molecule has 1 rings (SSSR count). The minimum absolute atomic E-state index is 0.0578. The topological polar surface area (TPSA) is 50.4 Å². The fraction of sp³-hybridized carbons (Fsp3) is 0.462. The maximum absolute atomic E-state index is 11.4. The van der Waals surface area contributed by atoms with Gasteiger partial charge < -0.3 is 15.4 Å². The molecule has 0 saturated heterocycles. The minimum Gasteiger partial charge on any atom is -0.495 e. The number of methoxy groups -OCH3 is 1. The molecule has 1 amide bonds. The van der Waals surface area contributed by atoms with Crippen LogP contribution in [0.3, 0.4) is 0 Å². The van der Waals surface area contributed by atoms with Gasteiger partial charge in [-0.05, 0) is 26.0 Å². The quantitative estimate of drug-likeness (QED) is 0.794. The van der Waals surface area contributed by atoms with Gasteiger partial charge in [0.05, 0.1) is 12.8 Å². The molecule has 2 N–H and O–H groups in total. The van der Waals surface area contributed by atoms with Gasteiger partial charge in [-0.15, -0.1) is 0 Å². The number of amides is 1. The summed E-state index contributed by atoms with van der Waals surface area (Å²) in [6, 6.07) is 7.85. The number of rotatable bonds is 6. The SMILES string of the molecule is COc1ccccc1NCCC(=O)NC(C)C. The van der Waals surface area contributed by atoms with Crippen molar-refractivity contribution in [1.29, 1.82) is 0 Å². The molecule has 0 aliphatic carbocycles. The fourth-order valence-electron chi connectivity index (χ4n) is 1.50. The number of hydrogen-bond donors (Lipinski definition) is 2. The van der Waals surface area contributed by atoms with E-state index in [-0.39, 0.29) is 11.9 Å². The Morgan fingerprint density at radius 2 is 2.06 bits per heavy atom. The summed E-state index contributed by atoms with van der Waals surface area (Å²) < 4.78 is 5.20. The second-order valence-corrected chi connectivity index (χ2v) is 4.10. The van der Waals surface area contributed by atoms with Gasteiger partial charge in [-0.2, -0.15) is 0 Å². The van der Waals surface area contributed by atoms with E-state index < -0.39 is 0 Å². The van der Waals surface area contributed by atoms with Gasteiger partial charge in [0, 0.05) is 19.0 Å². The van der Waals surface area contributed by atoms with E-state index in [4.69, 9.17) is 4.74 Å². The number of anilines is 1. The number of ether oxygens (including phenoxy) is 1. The molecule has 4 nitrogen and oxygen atoms in total. The molecule has 0 radical (unpaired) electrons. The first-order chi connectivity index (χ1) is 8.13. The van der Waals surface area contributed by atoms with E-state index in [1.807, 2.05) is 38.1 Å². The monoisotopic (exact) mass is 236 g/mol. The Morgan fingerprint density at radius 3 is 2.71 bits per heavy atom. The number of benzene rings is 1. The summed E-state index contributed by atoms with van der Waals surface area (Å²) in [6.45, 7) is 4.50. The lowest BCUT2D eigenvalue weighted by atomic mass is 10.2. The Bertz CT molecular complexity index is 364. The van der Waals surface area contributed by atoms with Crippen molar-refractivity contribution >= 4 is 11.6 Å². The van der Waals surface area contributed by atoms with Crippen LogP contribution in [-0.2, 0) is 4.79 Å². The fourth-order valence-corrected chi connectivity index (χ4v) is 1.50. The largest absolute Gasteiger partial charge is 0.495 e. The Kier molecular flexibility index (Phi) is 5.33. The maximum atomic E-state index is 11.4. The lowest BCUT2D eigenvalue weighted by molar-refractivity contribution is -0.121. The highest BCUT2D eigenvalue weighted by Crippen LogP contribution is 2.22. The van der Waals surface area contributed by atoms with E-state index >= 15 is 0 Å². The van der Waals surface area contributed by atoms with E-state index in [2.05, 4.69) is 10.6 Å². The second kappa shape index (κ2) is 6.78. The van der Waals surface area contributed by atoms with Crippen molar-refractivity contribution in [2.75, 3.05) is 19.0 Å². The second-order valence-electron chi connectivity index (χ2n) is 4.10. The standard InChI is InChI=1S/C13H20N2O2/c1-10(2)15-13(16)8-9-14-11-6-4-5-7-12(11)17-3/h4-7,10,14H,8-9H2,1-3H3,(H,15,16). The molecule has 0 atom stereocenters. The van der Waals surface area contributed by atoms with Crippen LogP contribution in [0.4, 0.5) is 5.69 Å². The van der Waals surface area contributed by atoms with Crippen LogP contribution in [0.2, 0.25) is 0 Å². The molecule has 0 unspecified atom stereocenters. The number of carbonyl (C=O) groups is 1. The van der Waals surface area contributed by atoms with Gasteiger partial charge in [-0.1, -0.05) is 12.1 Å².